The SMILES string of the molecule is CCCCC1CCC(C(=O)N2c3ccc(CCCl)cc3CC2C)CC1. The van der Waals surface area contributed by atoms with Crippen LogP contribution in [0.15, 0.2) is 18.2 Å². The molecule has 138 valence electrons. The van der Waals surface area contributed by atoms with Gasteiger partial charge in [-0.2, -0.15) is 0 Å². The number of hydrogen-bond donors (Lipinski definition) is 0. The first-order valence-electron chi connectivity index (χ1n) is 10.1. The second-order valence-electron chi connectivity index (χ2n) is 8.02. The number of halogens is 1. The van der Waals surface area contributed by atoms with Gasteiger partial charge in [-0.15, -0.1) is 11.6 Å². The van der Waals surface area contributed by atoms with Gasteiger partial charge in [0.05, 0.1) is 0 Å². The van der Waals surface area contributed by atoms with E-state index >= 15 is 0 Å². The number of benzene rings is 1. The summed E-state index contributed by atoms with van der Waals surface area (Å²) in [4.78, 5) is 15.3. The summed E-state index contributed by atoms with van der Waals surface area (Å²) in [5.74, 6) is 2.10. The number of carbonyl (C=O) groups excluding carboxylic acids is 1. The van der Waals surface area contributed by atoms with E-state index in [9.17, 15) is 4.79 Å². The zero-order valence-corrected chi connectivity index (χ0v) is 16.5. The molecule has 1 amide bonds. The number of aryl methyl sites for hydroxylation is 1. The van der Waals surface area contributed by atoms with E-state index in [1.54, 1.807) is 0 Å². The molecule has 3 heteroatoms. The molecule has 3 rings (SSSR count). The van der Waals surface area contributed by atoms with E-state index in [1.165, 1.54) is 43.2 Å². The Morgan fingerprint density at radius 2 is 2.00 bits per heavy atom. The van der Waals surface area contributed by atoms with Crippen LogP contribution in [-0.4, -0.2) is 17.8 Å². The zero-order chi connectivity index (χ0) is 17.8. The lowest BCUT2D eigenvalue weighted by atomic mass is 9.79. The topological polar surface area (TPSA) is 20.3 Å². The van der Waals surface area contributed by atoms with E-state index in [-0.39, 0.29) is 12.0 Å². The van der Waals surface area contributed by atoms with E-state index < -0.39 is 0 Å². The van der Waals surface area contributed by atoms with Crippen molar-refractivity contribution in [2.24, 2.45) is 11.8 Å². The van der Waals surface area contributed by atoms with Crippen molar-refractivity contribution in [3.8, 4) is 0 Å². The predicted octanol–water partition coefficient (Wildman–Crippen LogP) is 5.74. The minimum absolute atomic E-state index is 0.230. The van der Waals surface area contributed by atoms with Gasteiger partial charge in [0.2, 0.25) is 5.91 Å². The van der Waals surface area contributed by atoms with E-state index in [2.05, 4.69) is 36.9 Å². The number of rotatable bonds is 6. The minimum Gasteiger partial charge on any atom is -0.309 e. The monoisotopic (exact) mass is 361 g/mol. The van der Waals surface area contributed by atoms with Gasteiger partial charge in [0.25, 0.3) is 0 Å². The maximum absolute atomic E-state index is 13.2. The summed E-state index contributed by atoms with van der Waals surface area (Å²) in [5, 5.41) is 0. The Morgan fingerprint density at radius 3 is 2.68 bits per heavy atom. The van der Waals surface area contributed by atoms with Gasteiger partial charge < -0.3 is 4.90 Å². The molecule has 1 aliphatic heterocycles. The zero-order valence-electron chi connectivity index (χ0n) is 15.8. The van der Waals surface area contributed by atoms with E-state index in [0.29, 0.717) is 11.8 Å². The van der Waals surface area contributed by atoms with Crippen molar-refractivity contribution in [1.82, 2.24) is 0 Å². The van der Waals surface area contributed by atoms with Crippen molar-refractivity contribution in [3.05, 3.63) is 29.3 Å². The summed E-state index contributed by atoms with van der Waals surface area (Å²) in [6.07, 6.45) is 10.5. The lowest BCUT2D eigenvalue weighted by Crippen LogP contribution is -2.41. The predicted molar refractivity (Wildman–Crippen MR) is 106 cm³/mol. The number of anilines is 1. The molecule has 2 aliphatic rings. The number of unbranched alkanes of at least 4 members (excludes halogenated alkanes) is 1. The fourth-order valence-corrected chi connectivity index (χ4v) is 4.89. The molecule has 1 aromatic rings. The Morgan fingerprint density at radius 1 is 1.24 bits per heavy atom. The molecule has 1 aliphatic carbocycles. The number of amides is 1. The Hall–Kier alpha value is -1.02. The average molecular weight is 362 g/mol. The molecular weight excluding hydrogens is 330 g/mol. The standard InChI is InChI=1S/C22H32ClNO/c1-3-4-5-17-6-9-19(10-7-17)22(25)24-16(2)14-20-15-18(12-13-23)8-11-21(20)24/h8,11,15-17,19H,3-7,9-10,12-14H2,1-2H3. The molecule has 25 heavy (non-hydrogen) atoms. The van der Waals surface area contributed by atoms with Crippen molar-refractivity contribution in [2.75, 3.05) is 10.8 Å². The number of fused-ring (bicyclic) bond motifs is 1. The first-order chi connectivity index (χ1) is 12.1. The highest BCUT2D eigenvalue weighted by Crippen LogP contribution is 2.38. The molecule has 1 unspecified atom stereocenters. The van der Waals surface area contributed by atoms with Gasteiger partial charge in [-0.3, -0.25) is 4.79 Å². The lowest BCUT2D eigenvalue weighted by Gasteiger charge is -2.32. The van der Waals surface area contributed by atoms with Crippen LogP contribution in [0.4, 0.5) is 5.69 Å². The maximum atomic E-state index is 13.2. The van der Waals surface area contributed by atoms with E-state index in [0.717, 1.165) is 37.3 Å². The van der Waals surface area contributed by atoms with Gasteiger partial charge in [0.1, 0.15) is 0 Å². The first-order valence-corrected chi connectivity index (χ1v) is 10.7. The molecular formula is C22H32ClNO. The van der Waals surface area contributed by atoms with Crippen LogP contribution in [0.1, 0.15) is 69.9 Å². The summed E-state index contributed by atoms with van der Waals surface area (Å²) in [6, 6.07) is 6.82. The number of alkyl halides is 1. The van der Waals surface area contributed by atoms with Gasteiger partial charge in [-0.1, -0.05) is 38.3 Å². The van der Waals surface area contributed by atoms with Gasteiger partial charge >= 0.3 is 0 Å². The second-order valence-corrected chi connectivity index (χ2v) is 8.40. The number of hydrogen-bond acceptors (Lipinski definition) is 1. The summed E-state index contributed by atoms with van der Waals surface area (Å²) in [6.45, 7) is 4.45. The Bertz CT molecular complexity index is 592. The molecule has 1 fully saturated rings. The van der Waals surface area contributed by atoms with Crippen molar-refractivity contribution in [3.63, 3.8) is 0 Å². The van der Waals surface area contributed by atoms with Crippen molar-refractivity contribution in [2.45, 2.75) is 77.7 Å². The molecule has 0 N–H and O–H groups in total. The van der Waals surface area contributed by atoms with Crippen LogP contribution in [0, 0.1) is 11.8 Å². The highest BCUT2D eigenvalue weighted by Gasteiger charge is 2.36. The molecule has 0 spiro atoms. The van der Waals surface area contributed by atoms with Crippen molar-refractivity contribution < 1.29 is 4.79 Å². The Balaban J connectivity index is 1.66. The van der Waals surface area contributed by atoms with Gasteiger partial charge in [-0.05, 0) is 68.6 Å². The van der Waals surface area contributed by atoms with Crippen LogP contribution in [0.25, 0.3) is 0 Å². The Labute approximate surface area is 157 Å². The normalized spacial score (nSPS) is 25.9. The maximum Gasteiger partial charge on any atom is 0.230 e. The van der Waals surface area contributed by atoms with Gasteiger partial charge in [0, 0.05) is 23.5 Å². The smallest absolute Gasteiger partial charge is 0.230 e. The number of nitrogens with zero attached hydrogens (tertiary/aromatic N) is 1. The quantitative estimate of drug-likeness (QED) is 0.591. The second kappa shape index (κ2) is 8.58. The first kappa shape index (κ1) is 18.8. The average Bonchev–Trinajstić information content (AvgIpc) is 2.95. The fourth-order valence-electron chi connectivity index (χ4n) is 4.67. The van der Waals surface area contributed by atoms with Gasteiger partial charge in [-0.25, -0.2) is 0 Å². The van der Waals surface area contributed by atoms with Gasteiger partial charge in [0.15, 0.2) is 0 Å². The third-order valence-electron chi connectivity index (χ3n) is 6.14. The molecule has 2 nitrogen and oxygen atoms in total. The Kier molecular flexibility index (Phi) is 6.44. The highest BCUT2D eigenvalue weighted by molar-refractivity contribution is 6.18. The van der Waals surface area contributed by atoms with Crippen LogP contribution < -0.4 is 4.90 Å². The van der Waals surface area contributed by atoms with Crippen molar-refractivity contribution in [1.29, 1.82) is 0 Å². The summed E-state index contributed by atoms with van der Waals surface area (Å²) in [5.41, 5.74) is 3.75. The summed E-state index contributed by atoms with van der Waals surface area (Å²) in [7, 11) is 0. The van der Waals surface area contributed by atoms with E-state index in [1.807, 2.05) is 0 Å². The molecule has 0 bridgehead atoms. The third kappa shape index (κ3) is 4.22. The van der Waals surface area contributed by atoms with Crippen LogP contribution in [0.2, 0.25) is 0 Å². The summed E-state index contributed by atoms with van der Waals surface area (Å²) < 4.78 is 0. The molecule has 1 saturated carbocycles. The molecule has 1 atom stereocenters. The van der Waals surface area contributed by atoms with Crippen LogP contribution in [0.5, 0.6) is 0 Å². The highest BCUT2D eigenvalue weighted by atomic mass is 35.5. The number of carbonyl (C=O) groups is 1. The largest absolute Gasteiger partial charge is 0.309 e. The van der Waals surface area contributed by atoms with E-state index in [4.69, 9.17) is 11.6 Å². The van der Waals surface area contributed by atoms with Crippen molar-refractivity contribution >= 4 is 23.2 Å². The molecule has 0 saturated heterocycles. The fraction of sp³-hybridized carbons (Fsp3) is 0.682. The molecule has 0 aromatic heterocycles. The molecule has 1 heterocycles. The van der Waals surface area contributed by atoms with Crippen LogP contribution in [0.3, 0.4) is 0 Å². The van der Waals surface area contributed by atoms with Crippen LogP contribution >= 0.6 is 11.6 Å². The minimum atomic E-state index is 0.230. The summed E-state index contributed by atoms with van der Waals surface area (Å²) >= 11 is 5.88. The van der Waals surface area contributed by atoms with Crippen LogP contribution in [-0.2, 0) is 17.6 Å². The molecule has 1 aromatic carbocycles. The lowest BCUT2D eigenvalue weighted by molar-refractivity contribution is -0.123. The third-order valence-corrected chi connectivity index (χ3v) is 6.33. The molecule has 0 radical (unpaired) electrons.